The van der Waals surface area contributed by atoms with E-state index < -0.39 is 0 Å². The van der Waals surface area contributed by atoms with Gasteiger partial charge in [0.15, 0.2) is 5.16 Å². The summed E-state index contributed by atoms with van der Waals surface area (Å²) < 4.78 is 2.18. The molecule has 17 heavy (non-hydrogen) atoms. The molecule has 94 valence electrons. The highest BCUT2D eigenvalue weighted by molar-refractivity contribution is 8.00. The van der Waals surface area contributed by atoms with Crippen molar-refractivity contribution in [2.45, 2.75) is 56.0 Å². The van der Waals surface area contributed by atoms with Crippen molar-refractivity contribution in [3.63, 3.8) is 0 Å². The SMILES string of the molecule is CC(C)c1nnc(S[C@@H](C)C(N)=O)n1C1CC1. The van der Waals surface area contributed by atoms with Crippen LogP contribution in [0.5, 0.6) is 0 Å². The van der Waals surface area contributed by atoms with Crippen molar-refractivity contribution in [1.82, 2.24) is 14.8 Å². The van der Waals surface area contributed by atoms with Gasteiger partial charge in [-0.05, 0) is 19.8 Å². The first-order valence-electron chi connectivity index (χ1n) is 5.91. The van der Waals surface area contributed by atoms with Crippen molar-refractivity contribution in [1.29, 1.82) is 0 Å². The first kappa shape index (κ1) is 12.4. The Balaban J connectivity index is 2.25. The molecule has 0 bridgehead atoms. The molecule has 1 aromatic rings. The highest BCUT2D eigenvalue weighted by atomic mass is 32.2. The van der Waals surface area contributed by atoms with Gasteiger partial charge in [-0.15, -0.1) is 10.2 Å². The Hall–Kier alpha value is -1.04. The number of nitrogens with two attached hydrogens (primary N) is 1. The number of hydrogen-bond donors (Lipinski definition) is 1. The highest BCUT2D eigenvalue weighted by Gasteiger charge is 2.31. The summed E-state index contributed by atoms with van der Waals surface area (Å²) in [7, 11) is 0. The van der Waals surface area contributed by atoms with E-state index in [1.807, 2.05) is 0 Å². The number of carbonyl (C=O) groups is 1. The Labute approximate surface area is 105 Å². The van der Waals surface area contributed by atoms with Gasteiger partial charge >= 0.3 is 0 Å². The van der Waals surface area contributed by atoms with Crippen LogP contribution in [0.4, 0.5) is 0 Å². The number of nitrogens with zero attached hydrogens (tertiary/aromatic N) is 3. The molecule has 1 heterocycles. The maximum atomic E-state index is 11.1. The third kappa shape index (κ3) is 2.62. The van der Waals surface area contributed by atoms with Gasteiger partial charge in [-0.3, -0.25) is 4.79 Å². The van der Waals surface area contributed by atoms with E-state index in [1.165, 1.54) is 24.6 Å². The lowest BCUT2D eigenvalue weighted by Gasteiger charge is -2.12. The summed E-state index contributed by atoms with van der Waals surface area (Å²) in [5.41, 5.74) is 5.28. The number of thioether (sulfide) groups is 1. The van der Waals surface area contributed by atoms with E-state index >= 15 is 0 Å². The molecular weight excluding hydrogens is 236 g/mol. The molecule has 1 amide bonds. The summed E-state index contributed by atoms with van der Waals surface area (Å²) >= 11 is 1.40. The van der Waals surface area contributed by atoms with Crippen LogP contribution < -0.4 is 5.73 Å². The maximum absolute atomic E-state index is 11.1. The molecule has 1 saturated carbocycles. The van der Waals surface area contributed by atoms with E-state index in [-0.39, 0.29) is 11.2 Å². The Morgan fingerprint density at radius 2 is 2.06 bits per heavy atom. The number of rotatable bonds is 5. The highest BCUT2D eigenvalue weighted by Crippen LogP contribution is 2.40. The smallest absolute Gasteiger partial charge is 0.230 e. The molecule has 0 unspecified atom stereocenters. The molecular formula is C11H18N4OS. The van der Waals surface area contributed by atoms with Gasteiger partial charge in [0, 0.05) is 12.0 Å². The number of hydrogen-bond acceptors (Lipinski definition) is 4. The third-order valence-corrected chi connectivity index (χ3v) is 3.88. The zero-order chi connectivity index (χ0) is 12.6. The standard InChI is InChI=1S/C11H18N4OS/c1-6(2)10-13-14-11(15(10)8-4-5-8)17-7(3)9(12)16/h6-8H,4-5H2,1-3H3,(H2,12,16)/t7-/m0/s1. The molecule has 1 fully saturated rings. The lowest BCUT2D eigenvalue weighted by molar-refractivity contribution is -0.117. The van der Waals surface area contributed by atoms with Crippen molar-refractivity contribution < 1.29 is 4.79 Å². The van der Waals surface area contributed by atoms with Gasteiger partial charge < -0.3 is 10.3 Å². The molecule has 0 radical (unpaired) electrons. The summed E-state index contributed by atoms with van der Waals surface area (Å²) in [5.74, 6) is 1.04. The fraction of sp³-hybridized carbons (Fsp3) is 0.727. The van der Waals surface area contributed by atoms with Crippen molar-refractivity contribution in [2.75, 3.05) is 0 Å². The van der Waals surface area contributed by atoms with Gasteiger partial charge in [0.2, 0.25) is 5.91 Å². The van der Waals surface area contributed by atoms with Gasteiger partial charge in [0.1, 0.15) is 5.82 Å². The van der Waals surface area contributed by atoms with Crippen LogP contribution in [0.1, 0.15) is 51.4 Å². The molecule has 0 aromatic carbocycles. The molecule has 1 aliphatic rings. The Bertz CT molecular complexity index is 425. The van der Waals surface area contributed by atoms with E-state index in [1.54, 1.807) is 6.92 Å². The summed E-state index contributed by atoms with van der Waals surface area (Å²) in [4.78, 5) is 11.1. The number of primary amides is 1. The molecule has 1 aromatic heterocycles. The Morgan fingerprint density at radius 1 is 1.41 bits per heavy atom. The molecule has 0 saturated heterocycles. The van der Waals surface area contributed by atoms with Gasteiger partial charge in [-0.25, -0.2) is 0 Å². The monoisotopic (exact) mass is 254 g/mol. The molecule has 2 N–H and O–H groups in total. The van der Waals surface area contributed by atoms with E-state index in [0.717, 1.165) is 11.0 Å². The third-order valence-electron chi connectivity index (χ3n) is 2.80. The molecule has 5 nitrogen and oxygen atoms in total. The minimum atomic E-state index is -0.313. The van der Waals surface area contributed by atoms with E-state index in [9.17, 15) is 4.79 Å². The van der Waals surface area contributed by atoms with Crippen molar-refractivity contribution in [3.05, 3.63) is 5.82 Å². The minimum Gasteiger partial charge on any atom is -0.369 e. The second-order valence-corrected chi connectivity index (χ2v) is 6.07. The van der Waals surface area contributed by atoms with E-state index in [2.05, 4.69) is 28.6 Å². The topological polar surface area (TPSA) is 73.8 Å². The van der Waals surface area contributed by atoms with Gasteiger partial charge in [-0.1, -0.05) is 25.6 Å². The normalized spacial score (nSPS) is 17.4. The Kier molecular flexibility index (Phi) is 3.42. The summed E-state index contributed by atoms with van der Waals surface area (Å²) in [5, 5.41) is 8.97. The van der Waals surface area contributed by atoms with Crippen LogP contribution in [0, 0.1) is 0 Å². The van der Waals surface area contributed by atoms with Crippen LogP contribution >= 0.6 is 11.8 Å². The van der Waals surface area contributed by atoms with Crippen LogP contribution in [0.2, 0.25) is 0 Å². The van der Waals surface area contributed by atoms with Gasteiger partial charge in [0.25, 0.3) is 0 Å². The van der Waals surface area contributed by atoms with Crippen LogP contribution in [0.15, 0.2) is 5.16 Å². The largest absolute Gasteiger partial charge is 0.369 e. The first-order valence-corrected chi connectivity index (χ1v) is 6.79. The second kappa shape index (κ2) is 4.68. The van der Waals surface area contributed by atoms with Crippen LogP contribution in [-0.2, 0) is 4.79 Å². The fourth-order valence-corrected chi connectivity index (χ4v) is 2.53. The average Bonchev–Trinajstić information content (AvgIpc) is 3.00. The zero-order valence-electron chi connectivity index (χ0n) is 10.4. The lowest BCUT2D eigenvalue weighted by Crippen LogP contribution is -2.23. The lowest BCUT2D eigenvalue weighted by atomic mass is 10.2. The Morgan fingerprint density at radius 3 is 2.53 bits per heavy atom. The van der Waals surface area contributed by atoms with Crippen LogP contribution in [-0.4, -0.2) is 25.9 Å². The average molecular weight is 254 g/mol. The second-order valence-electron chi connectivity index (χ2n) is 4.76. The zero-order valence-corrected chi connectivity index (χ0v) is 11.2. The summed E-state index contributed by atoms with van der Waals surface area (Å²) in [6.07, 6.45) is 2.35. The van der Waals surface area contributed by atoms with E-state index in [0.29, 0.717) is 12.0 Å². The summed E-state index contributed by atoms with van der Waals surface area (Å²) in [6.45, 7) is 6.01. The minimum absolute atomic E-state index is 0.267. The molecule has 1 atom stereocenters. The summed E-state index contributed by atoms with van der Waals surface area (Å²) in [6, 6.07) is 0.518. The quantitative estimate of drug-likeness (QED) is 0.812. The maximum Gasteiger partial charge on any atom is 0.230 e. The predicted molar refractivity (Wildman–Crippen MR) is 66.9 cm³/mol. The van der Waals surface area contributed by atoms with Crippen molar-refractivity contribution in [3.8, 4) is 0 Å². The van der Waals surface area contributed by atoms with Crippen LogP contribution in [0.3, 0.4) is 0 Å². The van der Waals surface area contributed by atoms with Crippen LogP contribution in [0.25, 0.3) is 0 Å². The molecule has 6 heteroatoms. The fourth-order valence-electron chi connectivity index (χ4n) is 1.65. The molecule has 0 aliphatic heterocycles. The molecule has 1 aliphatic carbocycles. The molecule has 0 spiro atoms. The van der Waals surface area contributed by atoms with Gasteiger partial charge in [0.05, 0.1) is 5.25 Å². The number of carbonyl (C=O) groups excluding carboxylic acids is 1. The molecule has 2 rings (SSSR count). The van der Waals surface area contributed by atoms with Crippen molar-refractivity contribution in [2.24, 2.45) is 5.73 Å². The number of amides is 1. The number of aromatic nitrogens is 3. The first-order chi connectivity index (χ1) is 8.00. The van der Waals surface area contributed by atoms with Gasteiger partial charge in [-0.2, -0.15) is 0 Å². The van der Waals surface area contributed by atoms with Crippen molar-refractivity contribution >= 4 is 17.7 Å². The van der Waals surface area contributed by atoms with E-state index in [4.69, 9.17) is 5.73 Å². The predicted octanol–water partition coefficient (Wildman–Crippen LogP) is 1.70.